The van der Waals surface area contributed by atoms with Crippen LogP contribution >= 0.6 is 22.9 Å². The number of carbonyl (C=O) groups is 2. The number of rotatable bonds is 6. The number of carbonyl (C=O) groups excluding carboxylic acids is 2. The van der Waals surface area contributed by atoms with Gasteiger partial charge in [-0.25, -0.2) is 14.4 Å². The lowest BCUT2D eigenvalue weighted by atomic mass is 10.1. The normalized spacial score (nSPS) is 15.7. The molecule has 1 fully saturated rings. The molecule has 0 aliphatic carbocycles. The van der Waals surface area contributed by atoms with E-state index in [1.165, 1.54) is 23.7 Å². The molecule has 1 aliphatic rings. The molecule has 7 nitrogen and oxygen atoms in total. The Morgan fingerprint density at radius 2 is 2.08 bits per heavy atom. The van der Waals surface area contributed by atoms with E-state index in [9.17, 15) is 27.2 Å². The van der Waals surface area contributed by atoms with Gasteiger partial charge in [0.15, 0.2) is 5.13 Å². The number of anilines is 2. The topological polar surface area (TPSA) is 87.2 Å². The molecule has 1 aromatic carbocycles. The van der Waals surface area contributed by atoms with E-state index in [0.717, 1.165) is 23.8 Å². The predicted molar refractivity (Wildman–Crippen MR) is 129 cm³/mol. The molecular weight excluding hydrogens is 522 g/mol. The first-order chi connectivity index (χ1) is 17.1. The van der Waals surface area contributed by atoms with Gasteiger partial charge in [0.1, 0.15) is 11.6 Å². The lowest BCUT2D eigenvalue weighted by Crippen LogP contribution is -2.36. The van der Waals surface area contributed by atoms with E-state index in [4.69, 9.17) is 11.6 Å². The fourth-order valence-corrected chi connectivity index (χ4v) is 4.75. The minimum atomic E-state index is -4.84. The number of benzene rings is 1. The lowest BCUT2D eigenvalue weighted by molar-refractivity contribution is -0.139. The van der Waals surface area contributed by atoms with E-state index in [1.54, 1.807) is 6.92 Å². The number of nitrogens with one attached hydrogen (secondary N) is 2. The van der Waals surface area contributed by atoms with Crippen LogP contribution in [0.15, 0.2) is 35.8 Å². The molecule has 1 unspecified atom stereocenters. The fourth-order valence-electron chi connectivity index (χ4n) is 3.76. The van der Waals surface area contributed by atoms with E-state index in [0.29, 0.717) is 31.4 Å². The molecule has 0 saturated carbocycles. The van der Waals surface area contributed by atoms with Gasteiger partial charge in [0.25, 0.3) is 5.91 Å². The summed E-state index contributed by atoms with van der Waals surface area (Å²) in [5, 5.41) is 7.13. The Kier molecular flexibility index (Phi) is 7.46. The predicted octanol–water partition coefficient (Wildman–Crippen LogP) is 5.37. The molecule has 3 heterocycles. The number of alkyl halides is 3. The SMILES string of the molecule is CCC(=O)NC1CCN(c2ncc(C(=O)Nc3nc(-c4cccc(C(F)(F)F)c4F)cs3)cc2Cl)C1. The van der Waals surface area contributed by atoms with Crippen molar-refractivity contribution in [3.63, 3.8) is 0 Å². The van der Waals surface area contributed by atoms with Crippen LogP contribution in [0.4, 0.5) is 28.5 Å². The van der Waals surface area contributed by atoms with Crippen LogP contribution in [-0.4, -0.2) is 40.9 Å². The summed E-state index contributed by atoms with van der Waals surface area (Å²) in [6.07, 6.45) is -2.36. The molecule has 1 atom stereocenters. The third kappa shape index (κ3) is 5.59. The Labute approximate surface area is 212 Å². The second kappa shape index (κ2) is 10.4. The van der Waals surface area contributed by atoms with Gasteiger partial charge in [-0.05, 0) is 24.6 Å². The lowest BCUT2D eigenvalue weighted by Gasteiger charge is -2.19. The second-order valence-corrected chi connectivity index (χ2v) is 9.30. The van der Waals surface area contributed by atoms with E-state index < -0.39 is 23.5 Å². The van der Waals surface area contributed by atoms with Gasteiger partial charge >= 0.3 is 6.18 Å². The van der Waals surface area contributed by atoms with Crippen molar-refractivity contribution in [1.82, 2.24) is 15.3 Å². The molecule has 2 aromatic heterocycles. The first-order valence-corrected chi connectivity index (χ1v) is 12.2. The summed E-state index contributed by atoms with van der Waals surface area (Å²) in [7, 11) is 0. The van der Waals surface area contributed by atoms with Crippen LogP contribution in [-0.2, 0) is 11.0 Å². The summed E-state index contributed by atoms with van der Waals surface area (Å²) in [6, 6.07) is 4.35. The Hall–Kier alpha value is -3.25. The third-order valence-electron chi connectivity index (χ3n) is 5.56. The van der Waals surface area contributed by atoms with Gasteiger partial charge in [-0.15, -0.1) is 11.3 Å². The van der Waals surface area contributed by atoms with Crippen LogP contribution in [0.25, 0.3) is 11.3 Å². The summed E-state index contributed by atoms with van der Waals surface area (Å²) < 4.78 is 53.4. The van der Waals surface area contributed by atoms with Gasteiger partial charge < -0.3 is 10.2 Å². The maximum atomic E-state index is 14.4. The highest BCUT2D eigenvalue weighted by Gasteiger charge is 2.35. The van der Waals surface area contributed by atoms with Crippen LogP contribution in [0, 0.1) is 5.82 Å². The van der Waals surface area contributed by atoms with E-state index >= 15 is 0 Å². The average molecular weight is 542 g/mol. The van der Waals surface area contributed by atoms with Crippen LogP contribution in [0.5, 0.6) is 0 Å². The Balaban J connectivity index is 1.45. The van der Waals surface area contributed by atoms with Gasteiger partial charge in [-0.3, -0.25) is 14.9 Å². The molecule has 1 aliphatic heterocycles. The number of aromatic nitrogens is 2. The highest BCUT2D eigenvalue weighted by atomic mass is 35.5. The number of amides is 2. The Morgan fingerprint density at radius 1 is 1.31 bits per heavy atom. The van der Waals surface area contributed by atoms with Gasteiger partial charge in [0, 0.05) is 42.7 Å². The molecular formula is C23H20ClF4N5O2S. The number of hydrogen-bond acceptors (Lipinski definition) is 6. The van der Waals surface area contributed by atoms with E-state index in [1.807, 2.05) is 4.90 Å². The van der Waals surface area contributed by atoms with Crippen molar-refractivity contribution in [3.05, 3.63) is 57.8 Å². The second-order valence-electron chi connectivity index (χ2n) is 8.04. The highest BCUT2D eigenvalue weighted by molar-refractivity contribution is 7.14. The molecule has 0 radical (unpaired) electrons. The third-order valence-corrected chi connectivity index (χ3v) is 6.60. The summed E-state index contributed by atoms with van der Waals surface area (Å²) in [6.45, 7) is 2.96. The first kappa shape index (κ1) is 25.8. The van der Waals surface area contributed by atoms with Gasteiger partial charge in [-0.1, -0.05) is 24.6 Å². The molecule has 36 heavy (non-hydrogen) atoms. The smallest absolute Gasteiger partial charge is 0.353 e. The number of hydrogen-bond donors (Lipinski definition) is 2. The van der Waals surface area contributed by atoms with Crippen molar-refractivity contribution in [2.75, 3.05) is 23.3 Å². The summed E-state index contributed by atoms with van der Waals surface area (Å²) in [5.41, 5.74) is -1.61. The highest BCUT2D eigenvalue weighted by Crippen LogP contribution is 2.36. The molecule has 190 valence electrons. The Morgan fingerprint density at radius 3 is 2.78 bits per heavy atom. The number of thiazole rings is 1. The van der Waals surface area contributed by atoms with Crippen LogP contribution in [0.2, 0.25) is 5.02 Å². The first-order valence-electron chi connectivity index (χ1n) is 10.9. The number of nitrogens with zero attached hydrogens (tertiary/aromatic N) is 3. The fraction of sp³-hybridized carbons (Fsp3) is 0.304. The quantitative estimate of drug-likeness (QED) is 0.410. The summed E-state index contributed by atoms with van der Waals surface area (Å²) >= 11 is 7.31. The zero-order chi connectivity index (χ0) is 26.0. The number of halogens is 5. The molecule has 4 rings (SSSR count). The van der Waals surface area contributed by atoms with Crippen LogP contribution < -0.4 is 15.5 Å². The van der Waals surface area contributed by atoms with Crippen molar-refractivity contribution >= 4 is 45.7 Å². The maximum absolute atomic E-state index is 14.4. The number of pyridine rings is 1. The average Bonchev–Trinajstić information content (AvgIpc) is 3.48. The van der Waals surface area contributed by atoms with Gasteiger partial charge in [0.05, 0.1) is 21.8 Å². The van der Waals surface area contributed by atoms with Crippen molar-refractivity contribution in [1.29, 1.82) is 0 Å². The monoisotopic (exact) mass is 541 g/mol. The standard InChI is InChI=1S/C23H20ClF4N5O2S/c1-2-18(34)30-13-6-7-33(10-13)20-16(24)8-12(9-29-20)21(35)32-22-31-17(11-36-22)14-4-3-5-15(19(14)25)23(26,27)28/h3-5,8-9,11,13H,2,6-7,10H2,1H3,(H,30,34)(H,31,32,35). The van der Waals surface area contributed by atoms with Crippen molar-refractivity contribution in [2.45, 2.75) is 32.0 Å². The van der Waals surface area contributed by atoms with Gasteiger partial charge in [0.2, 0.25) is 5.91 Å². The largest absolute Gasteiger partial charge is 0.419 e. The van der Waals surface area contributed by atoms with Crippen molar-refractivity contribution in [2.24, 2.45) is 0 Å². The van der Waals surface area contributed by atoms with Gasteiger partial charge in [-0.2, -0.15) is 13.2 Å². The maximum Gasteiger partial charge on any atom is 0.419 e. The molecule has 0 spiro atoms. The van der Waals surface area contributed by atoms with E-state index in [-0.39, 0.29) is 38.9 Å². The van der Waals surface area contributed by atoms with E-state index in [2.05, 4.69) is 20.6 Å². The van der Waals surface area contributed by atoms with Crippen molar-refractivity contribution in [3.8, 4) is 11.3 Å². The molecule has 2 amide bonds. The molecule has 0 bridgehead atoms. The zero-order valence-electron chi connectivity index (χ0n) is 18.8. The minimum Gasteiger partial charge on any atom is -0.353 e. The van der Waals surface area contributed by atoms with Crippen LogP contribution in [0.3, 0.4) is 0 Å². The summed E-state index contributed by atoms with van der Waals surface area (Å²) in [5.74, 6) is -1.57. The molecule has 3 aromatic rings. The van der Waals surface area contributed by atoms with Crippen molar-refractivity contribution < 1.29 is 27.2 Å². The molecule has 13 heteroatoms. The zero-order valence-corrected chi connectivity index (χ0v) is 20.4. The minimum absolute atomic E-state index is 0.0148. The summed E-state index contributed by atoms with van der Waals surface area (Å²) in [4.78, 5) is 34.6. The molecule has 2 N–H and O–H groups in total. The Bertz CT molecular complexity index is 1300. The molecule has 1 saturated heterocycles. The van der Waals surface area contributed by atoms with Crippen LogP contribution in [0.1, 0.15) is 35.7 Å².